The first-order valence-corrected chi connectivity index (χ1v) is 6.55. The molecule has 0 saturated carbocycles. The van der Waals surface area contributed by atoms with Crippen LogP contribution in [0, 0.1) is 0 Å². The van der Waals surface area contributed by atoms with Crippen LogP contribution in [-0.4, -0.2) is 18.8 Å². The summed E-state index contributed by atoms with van der Waals surface area (Å²) in [6.07, 6.45) is 0.785. The molecule has 0 bridgehead atoms. The van der Waals surface area contributed by atoms with Gasteiger partial charge in [0.2, 0.25) is 0 Å². The van der Waals surface area contributed by atoms with E-state index in [-0.39, 0.29) is 11.7 Å². The Morgan fingerprint density at radius 3 is 2.40 bits per heavy atom. The fourth-order valence-electron chi connectivity index (χ4n) is 2.23. The number of phenols is 1. The molecule has 2 aromatic carbocycles. The Morgan fingerprint density at radius 1 is 1.15 bits per heavy atom. The Bertz CT molecular complexity index is 567. The molecule has 0 spiro atoms. The van der Waals surface area contributed by atoms with E-state index < -0.39 is 0 Å². The van der Waals surface area contributed by atoms with Crippen LogP contribution in [0.3, 0.4) is 0 Å². The summed E-state index contributed by atoms with van der Waals surface area (Å²) in [5.74, 6) is 1.16. The Kier molecular flexibility index (Phi) is 4.48. The molecule has 1 unspecified atom stereocenters. The molecule has 20 heavy (non-hydrogen) atoms. The number of anilines is 1. The van der Waals surface area contributed by atoms with Gasteiger partial charge in [0.05, 0.1) is 12.8 Å². The largest absolute Gasteiger partial charge is 0.506 e. The Hall–Kier alpha value is -2.20. The summed E-state index contributed by atoms with van der Waals surface area (Å²) in [5, 5.41) is 9.45. The fraction of sp³-hybridized carbons (Fsp3) is 0.250. The van der Waals surface area contributed by atoms with Crippen molar-refractivity contribution in [2.24, 2.45) is 5.73 Å². The van der Waals surface area contributed by atoms with Crippen LogP contribution in [0.2, 0.25) is 0 Å². The number of methoxy groups -OCH3 is 1. The molecule has 0 fully saturated rings. The maximum absolute atomic E-state index is 9.45. The van der Waals surface area contributed by atoms with Crippen LogP contribution in [0.4, 0.5) is 5.69 Å². The first kappa shape index (κ1) is 14.2. The number of nitrogens with two attached hydrogens (primary N) is 2. The standard InChI is InChI=1S/C16H20N2O2/c1-20-14-5-3-12(4-6-14)13(10-17)8-11-2-7-16(19)15(18)9-11/h2-7,9,13,19H,8,10,17-18H2,1H3. The van der Waals surface area contributed by atoms with E-state index in [1.807, 2.05) is 30.3 Å². The second-order valence-corrected chi connectivity index (χ2v) is 4.80. The zero-order valence-electron chi connectivity index (χ0n) is 11.5. The topological polar surface area (TPSA) is 81.5 Å². The Balaban J connectivity index is 2.16. The number of nitrogen functional groups attached to an aromatic ring is 1. The minimum Gasteiger partial charge on any atom is -0.506 e. The number of ether oxygens (including phenoxy) is 1. The highest BCUT2D eigenvalue weighted by molar-refractivity contribution is 5.53. The molecular weight excluding hydrogens is 252 g/mol. The van der Waals surface area contributed by atoms with Crippen molar-refractivity contribution in [3.8, 4) is 11.5 Å². The lowest BCUT2D eigenvalue weighted by atomic mass is 9.92. The van der Waals surface area contributed by atoms with Crippen molar-refractivity contribution in [3.63, 3.8) is 0 Å². The molecule has 1 atom stereocenters. The maximum Gasteiger partial charge on any atom is 0.138 e. The van der Waals surface area contributed by atoms with E-state index in [4.69, 9.17) is 16.2 Å². The smallest absolute Gasteiger partial charge is 0.138 e. The minimum absolute atomic E-state index is 0.113. The van der Waals surface area contributed by atoms with Gasteiger partial charge in [0.25, 0.3) is 0 Å². The normalized spacial score (nSPS) is 12.1. The summed E-state index contributed by atoms with van der Waals surface area (Å²) in [5.41, 5.74) is 14.2. The highest BCUT2D eigenvalue weighted by atomic mass is 16.5. The molecular formula is C16H20N2O2. The van der Waals surface area contributed by atoms with Gasteiger partial charge in [0, 0.05) is 5.92 Å². The molecule has 2 rings (SSSR count). The average molecular weight is 272 g/mol. The summed E-state index contributed by atoms with van der Waals surface area (Å²) in [7, 11) is 1.65. The van der Waals surface area contributed by atoms with Gasteiger partial charge in [0.15, 0.2) is 0 Å². The molecule has 5 N–H and O–H groups in total. The third-order valence-corrected chi connectivity index (χ3v) is 3.45. The van der Waals surface area contributed by atoms with Crippen molar-refractivity contribution in [1.29, 1.82) is 0 Å². The van der Waals surface area contributed by atoms with Gasteiger partial charge in [0.1, 0.15) is 11.5 Å². The highest BCUT2D eigenvalue weighted by Gasteiger charge is 2.11. The molecule has 2 aromatic rings. The van der Waals surface area contributed by atoms with E-state index in [1.54, 1.807) is 19.2 Å². The number of aromatic hydroxyl groups is 1. The maximum atomic E-state index is 9.45. The molecule has 4 nitrogen and oxygen atoms in total. The second-order valence-electron chi connectivity index (χ2n) is 4.80. The van der Waals surface area contributed by atoms with E-state index in [2.05, 4.69) is 0 Å². The molecule has 0 amide bonds. The van der Waals surface area contributed by atoms with Gasteiger partial charge in [-0.05, 0) is 48.4 Å². The highest BCUT2D eigenvalue weighted by Crippen LogP contribution is 2.26. The van der Waals surface area contributed by atoms with Crippen LogP contribution in [0.15, 0.2) is 42.5 Å². The Labute approximate surface area is 119 Å². The molecule has 0 saturated heterocycles. The monoisotopic (exact) mass is 272 g/mol. The predicted octanol–water partition coefficient (Wildman–Crippen LogP) is 2.27. The fourth-order valence-corrected chi connectivity index (χ4v) is 2.23. The number of rotatable bonds is 5. The first-order valence-electron chi connectivity index (χ1n) is 6.55. The van der Waals surface area contributed by atoms with E-state index in [0.717, 1.165) is 17.7 Å². The quantitative estimate of drug-likeness (QED) is 0.576. The number of benzene rings is 2. The van der Waals surface area contributed by atoms with Crippen molar-refractivity contribution in [3.05, 3.63) is 53.6 Å². The van der Waals surface area contributed by atoms with Gasteiger partial charge in [-0.15, -0.1) is 0 Å². The molecule has 0 aliphatic heterocycles. The third kappa shape index (κ3) is 3.22. The minimum atomic E-state index is 0.113. The molecule has 0 aromatic heterocycles. The van der Waals surface area contributed by atoms with Crippen molar-refractivity contribution in [2.45, 2.75) is 12.3 Å². The predicted molar refractivity (Wildman–Crippen MR) is 81.0 cm³/mol. The van der Waals surface area contributed by atoms with Crippen LogP contribution >= 0.6 is 0 Å². The van der Waals surface area contributed by atoms with Gasteiger partial charge >= 0.3 is 0 Å². The SMILES string of the molecule is COc1ccc(C(CN)Cc2ccc(O)c(N)c2)cc1. The summed E-state index contributed by atoms with van der Waals surface area (Å²) in [6.45, 7) is 0.549. The molecule has 0 aliphatic rings. The van der Waals surface area contributed by atoms with Gasteiger partial charge in [-0.25, -0.2) is 0 Å². The van der Waals surface area contributed by atoms with Gasteiger partial charge < -0.3 is 21.3 Å². The lowest BCUT2D eigenvalue weighted by Gasteiger charge is -2.16. The third-order valence-electron chi connectivity index (χ3n) is 3.45. The van der Waals surface area contributed by atoms with Crippen LogP contribution in [0.25, 0.3) is 0 Å². The van der Waals surface area contributed by atoms with Gasteiger partial charge in [-0.3, -0.25) is 0 Å². The van der Waals surface area contributed by atoms with Crippen LogP contribution < -0.4 is 16.2 Å². The molecule has 4 heteroatoms. The number of phenolic OH excluding ortho intramolecular Hbond substituents is 1. The van der Waals surface area contributed by atoms with E-state index in [1.165, 1.54) is 5.56 Å². The molecule has 106 valence electrons. The van der Waals surface area contributed by atoms with E-state index >= 15 is 0 Å². The van der Waals surface area contributed by atoms with Crippen LogP contribution in [0.5, 0.6) is 11.5 Å². The number of hydrogen-bond donors (Lipinski definition) is 3. The summed E-state index contributed by atoms with van der Waals surface area (Å²) < 4.78 is 5.15. The first-order chi connectivity index (χ1) is 9.63. The lowest BCUT2D eigenvalue weighted by molar-refractivity contribution is 0.414. The average Bonchev–Trinajstić information content (AvgIpc) is 2.48. The Morgan fingerprint density at radius 2 is 1.85 bits per heavy atom. The molecule has 0 heterocycles. The zero-order valence-corrected chi connectivity index (χ0v) is 11.5. The molecule has 0 aliphatic carbocycles. The summed E-state index contributed by atoms with van der Waals surface area (Å²) >= 11 is 0. The lowest BCUT2D eigenvalue weighted by Crippen LogP contribution is -2.15. The van der Waals surface area contributed by atoms with Crippen molar-refractivity contribution in [1.82, 2.24) is 0 Å². The zero-order chi connectivity index (χ0) is 14.5. The number of hydrogen-bond acceptors (Lipinski definition) is 4. The van der Waals surface area contributed by atoms with Crippen LogP contribution in [-0.2, 0) is 6.42 Å². The van der Waals surface area contributed by atoms with Crippen molar-refractivity contribution < 1.29 is 9.84 Å². The van der Waals surface area contributed by atoms with Crippen LogP contribution in [0.1, 0.15) is 17.0 Å². The summed E-state index contributed by atoms with van der Waals surface area (Å²) in [4.78, 5) is 0. The summed E-state index contributed by atoms with van der Waals surface area (Å²) in [6, 6.07) is 13.2. The van der Waals surface area contributed by atoms with Gasteiger partial charge in [-0.2, -0.15) is 0 Å². The molecule has 0 radical (unpaired) electrons. The van der Waals surface area contributed by atoms with Crippen molar-refractivity contribution in [2.75, 3.05) is 19.4 Å². The van der Waals surface area contributed by atoms with Gasteiger partial charge in [-0.1, -0.05) is 18.2 Å². The van der Waals surface area contributed by atoms with Crippen molar-refractivity contribution >= 4 is 5.69 Å². The van der Waals surface area contributed by atoms with E-state index in [9.17, 15) is 5.11 Å². The van der Waals surface area contributed by atoms with E-state index in [0.29, 0.717) is 12.2 Å². The second kappa shape index (κ2) is 6.30.